The Bertz CT molecular complexity index is 468. The lowest BCUT2D eigenvalue weighted by Gasteiger charge is -2.08. The smallest absolute Gasteiger partial charge is 0.216 e. The number of amides is 3. The van der Waals surface area contributed by atoms with E-state index in [0.29, 0.717) is 13.1 Å². The summed E-state index contributed by atoms with van der Waals surface area (Å²) in [6, 6.07) is 0. The molecule has 0 bridgehead atoms. The van der Waals surface area contributed by atoms with Gasteiger partial charge in [0.2, 0.25) is 17.7 Å². The molecule has 0 saturated heterocycles. The Labute approximate surface area is 222 Å². The first-order valence-corrected chi connectivity index (χ1v) is 13.8. The molecule has 0 aliphatic carbocycles. The van der Waals surface area contributed by atoms with Crippen LogP contribution in [0.4, 0.5) is 0 Å². The van der Waals surface area contributed by atoms with Crippen molar-refractivity contribution in [3.63, 3.8) is 0 Å². The number of hydrogen-bond acceptors (Lipinski definition) is 6. The number of rotatable bonds is 23. The van der Waals surface area contributed by atoms with Gasteiger partial charge in [-0.3, -0.25) is 14.4 Å². The van der Waals surface area contributed by atoms with Crippen LogP contribution in [0.5, 0.6) is 0 Å². The summed E-state index contributed by atoms with van der Waals surface area (Å²) in [6.45, 7) is 14.2. The van der Waals surface area contributed by atoms with E-state index in [9.17, 15) is 14.4 Å². The van der Waals surface area contributed by atoms with Crippen LogP contribution in [0.1, 0.15) is 99.3 Å². The van der Waals surface area contributed by atoms with Crippen LogP contribution in [0.25, 0.3) is 0 Å². The van der Waals surface area contributed by atoms with Gasteiger partial charge in [0.15, 0.2) is 0 Å². The first-order chi connectivity index (χ1) is 16.9. The minimum Gasteiger partial charge on any atom is -0.356 e. The van der Waals surface area contributed by atoms with Crippen LogP contribution < -0.4 is 31.9 Å². The molecule has 0 unspecified atom stereocenters. The van der Waals surface area contributed by atoms with E-state index in [4.69, 9.17) is 0 Å². The van der Waals surface area contributed by atoms with Crippen molar-refractivity contribution in [1.29, 1.82) is 0 Å². The SMILES string of the molecule is C.CC(=O)NCCNCCNCCNCCNC(C)=O.CCCCCCCCCCCCNC(C)=O. The molecule has 0 fully saturated rings. The molecule has 0 aromatic rings. The van der Waals surface area contributed by atoms with Gasteiger partial charge in [-0.05, 0) is 6.42 Å². The van der Waals surface area contributed by atoms with Gasteiger partial charge in [0, 0.05) is 79.7 Å². The quantitative estimate of drug-likeness (QED) is 0.116. The average Bonchev–Trinajstić information content (AvgIpc) is 2.80. The maximum absolute atomic E-state index is 10.6. The third kappa shape index (κ3) is 42.4. The molecule has 0 radical (unpaired) electrons. The summed E-state index contributed by atoms with van der Waals surface area (Å²) in [4.78, 5) is 31.8. The molecule has 0 aliphatic rings. The van der Waals surface area contributed by atoms with Gasteiger partial charge in [0.25, 0.3) is 0 Å². The van der Waals surface area contributed by atoms with Gasteiger partial charge in [-0.15, -0.1) is 0 Å². The molecular formula is C27H60N6O3. The maximum Gasteiger partial charge on any atom is 0.216 e. The van der Waals surface area contributed by atoms with Crippen molar-refractivity contribution in [2.24, 2.45) is 0 Å². The van der Waals surface area contributed by atoms with Crippen LogP contribution >= 0.6 is 0 Å². The molecule has 0 spiro atoms. The zero-order valence-electron chi connectivity index (χ0n) is 23.2. The predicted molar refractivity (Wildman–Crippen MR) is 153 cm³/mol. The number of nitrogens with one attached hydrogen (secondary N) is 6. The molecule has 36 heavy (non-hydrogen) atoms. The fourth-order valence-corrected chi connectivity index (χ4v) is 3.26. The van der Waals surface area contributed by atoms with E-state index < -0.39 is 0 Å². The van der Waals surface area contributed by atoms with E-state index in [1.165, 1.54) is 71.6 Å². The molecule has 0 saturated carbocycles. The van der Waals surface area contributed by atoms with Gasteiger partial charge < -0.3 is 31.9 Å². The van der Waals surface area contributed by atoms with Crippen LogP contribution in [-0.4, -0.2) is 76.6 Å². The van der Waals surface area contributed by atoms with Crippen LogP contribution in [0.15, 0.2) is 0 Å². The highest BCUT2D eigenvalue weighted by atomic mass is 16.2. The van der Waals surface area contributed by atoms with Gasteiger partial charge in [-0.2, -0.15) is 0 Å². The van der Waals surface area contributed by atoms with E-state index in [0.717, 1.165) is 52.2 Å². The lowest BCUT2D eigenvalue weighted by Crippen LogP contribution is -2.37. The molecule has 0 aromatic heterocycles. The van der Waals surface area contributed by atoms with Crippen molar-refractivity contribution in [2.45, 2.75) is 99.3 Å². The van der Waals surface area contributed by atoms with Gasteiger partial charge in [-0.25, -0.2) is 0 Å². The molecule has 9 nitrogen and oxygen atoms in total. The number of carbonyl (C=O) groups excluding carboxylic acids is 3. The standard InChI is InChI=1S/C14H29NO.C12H27N5O2.CH4/c1-3-4-5-6-7-8-9-10-11-12-13-15-14(2)16;1-11(18)16-9-7-14-5-3-13-4-6-15-8-10-17-12(2)19;/h3-13H2,1-2H3,(H,15,16);13-15H,3-10H2,1-2H3,(H,16,18)(H,17,19);1H4. The largest absolute Gasteiger partial charge is 0.356 e. The molecule has 0 aliphatic heterocycles. The Kier molecular flexibility index (Phi) is 35.9. The van der Waals surface area contributed by atoms with Crippen LogP contribution in [0, 0.1) is 0 Å². The second kappa shape index (κ2) is 33.3. The molecule has 3 amide bonds. The summed E-state index contributed by atoms with van der Waals surface area (Å²) in [5.41, 5.74) is 0. The van der Waals surface area contributed by atoms with Crippen LogP contribution in [0.2, 0.25) is 0 Å². The second-order valence-corrected chi connectivity index (χ2v) is 8.88. The Morgan fingerprint density at radius 2 is 0.694 bits per heavy atom. The zero-order valence-corrected chi connectivity index (χ0v) is 23.2. The highest BCUT2D eigenvalue weighted by molar-refractivity contribution is 5.73. The maximum atomic E-state index is 10.6. The number of carbonyl (C=O) groups is 3. The summed E-state index contributed by atoms with van der Waals surface area (Å²) in [5, 5.41) is 18.0. The normalized spacial score (nSPS) is 10.0. The molecule has 6 N–H and O–H groups in total. The molecule has 0 rings (SSSR count). The Morgan fingerprint density at radius 1 is 0.417 bits per heavy atom. The first kappa shape index (κ1) is 38.8. The Hall–Kier alpha value is -1.71. The van der Waals surface area contributed by atoms with Crippen LogP contribution in [-0.2, 0) is 14.4 Å². The lowest BCUT2D eigenvalue weighted by molar-refractivity contribution is -0.119. The van der Waals surface area contributed by atoms with Crippen molar-refractivity contribution >= 4 is 17.7 Å². The van der Waals surface area contributed by atoms with Gasteiger partial charge in [0.05, 0.1) is 0 Å². The Morgan fingerprint density at radius 3 is 1.03 bits per heavy atom. The van der Waals surface area contributed by atoms with E-state index in [-0.39, 0.29) is 25.1 Å². The predicted octanol–water partition coefficient (Wildman–Crippen LogP) is 2.71. The summed E-state index contributed by atoms with van der Waals surface area (Å²) in [5.74, 6) is 0.103. The van der Waals surface area contributed by atoms with Crippen molar-refractivity contribution in [3.05, 3.63) is 0 Å². The molecule has 0 atom stereocenters. The monoisotopic (exact) mass is 516 g/mol. The van der Waals surface area contributed by atoms with E-state index >= 15 is 0 Å². The zero-order chi connectivity index (χ0) is 26.4. The minimum atomic E-state index is 0. The average molecular weight is 517 g/mol. The van der Waals surface area contributed by atoms with Crippen molar-refractivity contribution < 1.29 is 14.4 Å². The van der Waals surface area contributed by atoms with E-state index in [2.05, 4.69) is 38.8 Å². The van der Waals surface area contributed by atoms with Crippen molar-refractivity contribution in [3.8, 4) is 0 Å². The number of unbranched alkanes of at least 4 members (excludes halogenated alkanes) is 9. The highest BCUT2D eigenvalue weighted by Gasteiger charge is 1.94. The topological polar surface area (TPSA) is 123 Å². The van der Waals surface area contributed by atoms with E-state index in [1.54, 1.807) is 6.92 Å². The molecule has 9 heteroatoms. The third-order valence-corrected chi connectivity index (χ3v) is 5.21. The molecule has 216 valence electrons. The summed E-state index contributed by atoms with van der Waals surface area (Å²) >= 11 is 0. The molecular weight excluding hydrogens is 456 g/mol. The lowest BCUT2D eigenvalue weighted by atomic mass is 10.1. The second-order valence-electron chi connectivity index (χ2n) is 8.88. The molecule has 0 aromatic carbocycles. The minimum absolute atomic E-state index is 0. The van der Waals surface area contributed by atoms with Crippen LogP contribution in [0.3, 0.4) is 0 Å². The fourth-order valence-electron chi connectivity index (χ4n) is 3.26. The summed E-state index contributed by atoms with van der Waals surface area (Å²) < 4.78 is 0. The van der Waals surface area contributed by atoms with Gasteiger partial charge >= 0.3 is 0 Å². The first-order valence-electron chi connectivity index (χ1n) is 13.8. The fraction of sp³-hybridized carbons (Fsp3) is 0.889. The van der Waals surface area contributed by atoms with Gasteiger partial charge in [-0.1, -0.05) is 72.1 Å². The Balaban J connectivity index is -0.000000597. The summed E-state index contributed by atoms with van der Waals surface area (Å²) in [6.07, 6.45) is 13.5. The van der Waals surface area contributed by atoms with E-state index in [1.807, 2.05) is 0 Å². The number of hydrogen-bond donors (Lipinski definition) is 6. The van der Waals surface area contributed by atoms with Crippen molar-refractivity contribution in [2.75, 3.05) is 58.9 Å². The molecule has 0 heterocycles. The van der Waals surface area contributed by atoms with Gasteiger partial charge in [0.1, 0.15) is 0 Å². The highest BCUT2D eigenvalue weighted by Crippen LogP contribution is 2.10. The summed E-state index contributed by atoms with van der Waals surface area (Å²) in [7, 11) is 0. The third-order valence-electron chi connectivity index (χ3n) is 5.21. The van der Waals surface area contributed by atoms with Crippen molar-refractivity contribution in [1.82, 2.24) is 31.9 Å².